The average Bonchev–Trinajstić information content (AvgIpc) is 3.02. The molecule has 0 unspecified atom stereocenters. The first-order valence-electron chi connectivity index (χ1n) is 9.15. The normalized spacial score (nSPS) is 14.1. The third-order valence-corrected chi connectivity index (χ3v) is 5.29. The first kappa shape index (κ1) is 19.2. The fourth-order valence-electron chi connectivity index (χ4n) is 3.23. The van der Waals surface area contributed by atoms with Crippen molar-refractivity contribution < 1.29 is 18.7 Å². The Morgan fingerprint density at radius 1 is 1.07 bits per heavy atom. The predicted molar refractivity (Wildman–Crippen MR) is 111 cm³/mol. The number of rotatable bonds is 4. The van der Waals surface area contributed by atoms with Crippen LogP contribution in [0.5, 0.6) is 11.5 Å². The number of hydrogen-bond donors (Lipinski definition) is 0. The third-order valence-electron chi connectivity index (χ3n) is 4.96. The Balaban J connectivity index is 1.62. The molecule has 3 nitrogen and oxygen atoms in total. The summed E-state index contributed by atoms with van der Waals surface area (Å²) in [6, 6.07) is 15.8. The number of carbonyl (C=O) groups is 1. The van der Waals surface area contributed by atoms with Crippen LogP contribution in [0.15, 0.2) is 60.4 Å². The van der Waals surface area contributed by atoms with Gasteiger partial charge in [-0.25, -0.2) is 4.39 Å². The van der Waals surface area contributed by atoms with Gasteiger partial charge in [0.15, 0.2) is 5.76 Å². The molecular weight excluding hydrogens is 391 g/mol. The van der Waals surface area contributed by atoms with Gasteiger partial charge in [-0.1, -0.05) is 41.9 Å². The van der Waals surface area contributed by atoms with Crippen molar-refractivity contribution in [3.63, 3.8) is 0 Å². The van der Waals surface area contributed by atoms with Gasteiger partial charge in [0.1, 0.15) is 23.9 Å². The smallest absolute Gasteiger partial charge is 0.231 e. The van der Waals surface area contributed by atoms with Crippen LogP contribution in [0.1, 0.15) is 32.6 Å². The van der Waals surface area contributed by atoms with E-state index >= 15 is 0 Å². The molecule has 0 bridgehead atoms. The Morgan fingerprint density at radius 2 is 1.86 bits per heavy atom. The highest BCUT2D eigenvalue weighted by molar-refractivity contribution is 6.32. The standard InChI is InChI=1S/C24H18ClFO3/c1-14-6-3-4-7-16(14)13-28-21-11-10-17-23(27)22(29-24(17)15(21)2)12-18-19(25)8-5-9-20(18)26/h3-12H,13H2,1-2H3/b22-12-. The number of ketones is 1. The lowest BCUT2D eigenvalue weighted by molar-refractivity contribution is 0.101. The molecule has 146 valence electrons. The van der Waals surface area contributed by atoms with Gasteiger partial charge < -0.3 is 9.47 Å². The summed E-state index contributed by atoms with van der Waals surface area (Å²) in [7, 11) is 0. The van der Waals surface area contributed by atoms with Gasteiger partial charge in [-0.3, -0.25) is 4.79 Å². The molecule has 0 amide bonds. The lowest BCUT2D eigenvalue weighted by Crippen LogP contribution is -2.00. The monoisotopic (exact) mass is 408 g/mol. The molecule has 4 rings (SSSR count). The molecule has 0 atom stereocenters. The van der Waals surface area contributed by atoms with Crippen molar-refractivity contribution in [3.05, 3.63) is 99.0 Å². The van der Waals surface area contributed by atoms with Crippen LogP contribution in [0.25, 0.3) is 6.08 Å². The van der Waals surface area contributed by atoms with Gasteiger partial charge in [0.2, 0.25) is 5.78 Å². The van der Waals surface area contributed by atoms with E-state index in [1.165, 1.54) is 18.2 Å². The van der Waals surface area contributed by atoms with Gasteiger partial charge in [0.25, 0.3) is 0 Å². The minimum absolute atomic E-state index is 0.0335. The van der Waals surface area contributed by atoms with E-state index in [1.54, 1.807) is 18.2 Å². The van der Waals surface area contributed by atoms with Crippen molar-refractivity contribution in [1.29, 1.82) is 0 Å². The zero-order valence-corrected chi connectivity index (χ0v) is 16.7. The summed E-state index contributed by atoms with van der Waals surface area (Å²) in [6.07, 6.45) is 1.34. The zero-order chi connectivity index (χ0) is 20.5. The lowest BCUT2D eigenvalue weighted by Gasteiger charge is -2.12. The molecule has 0 radical (unpaired) electrons. The van der Waals surface area contributed by atoms with Crippen molar-refractivity contribution in [2.45, 2.75) is 20.5 Å². The number of Topliss-reactive ketones (excluding diaryl/α,β-unsaturated/α-hetero) is 1. The van der Waals surface area contributed by atoms with Crippen molar-refractivity contribution in [2.75, 3.05) is 0 Å². The second kappa shape index (κ2) is 7.72. The molecule has 0 aromatic heterocycles. The van der Waals surface area contributed by atoms with Crippen LogP contribution in [-0.2, 0) is 6.61 Å². The van der Waals surface area contributed by atoms with E-state index in [0.717, 1.165) is 11.1 Å². The van der Waals surface area contributed by atoms with Gasteiger partial charge in [0.05, 0.1) is 10.6 Å². The molecule has 29 heavy (non-hydrogen) atoms. The van der Waals surface area contributed by atoms with Gasteiger partial charge >= 0.3 is 0 Å². The number of allylic oxidation sites excluding steroid dienone is 1. The van der Waals surface area contributed by atoms with Crippen LogP contribution in [-0.4, -0.2) is 5.78 Å². The molecular formula is C24H18ClFO3. The van der Waals surface area contributed by atoms with E-state index in [4.69, 9.17) is 21.1 Å². The van der Waals surface area contributed by atoms with Crippen LogP contribution in [0.2, 0.25) is 5.02 Å². The minimum Gasteiger partial charge on any atom is -0.488 e. The second-order valence-electron chi connectivity index (χ2n) is 6.86. The number of benzene rings is 3. The summed E-state index contributed by atoms with van der Waals surface area (Å²) in [5.41, 5.74) is 3.49. The molecule has 5 heteroatoms. The number of carbonyl (C=O) groups excluding carboxylic acids is 1. The summed E-state index contributed by atoms with van der Waals surface area (Å²) in [5, 5.41) is 0.212. The molecule has 1 aliphatic rings. The number of aryl methyl sites for hydroxylation is 1. The quantitative estimate of drug-likeness (QED) is 0.476. The number of halogens is 2. The summed E-state index contributed by atoms with van der Waals surface area (Å²) in [4.78, 5) is 12.7. The first-order valence-corrected chi connectivity index (χ1v) is 9.52. The van der Waals surface area contributed by atoms with Gasteiger partial charge in [0, 0.05) is 11.1 Å². The van der Waals surface area contributed by atoms with Gasteiger partial charge in [-0.2, -0.15) is 0 Å². The van der Waals surface area contributed by atoms with Crippen molar-refractivity contribution >= 4 is 23.5 Å². The third kappa shape index (κ3) is 3.64. The number of fused-ring (bicyclic) bond motifs is 1. The van der Waals surface area contributed by atoms with Gasteiger partial charge in [-0.05, 0) is 55.3 Å². The van der Waals surface area contributed by atoms with Crippen LogP contribution >= 0.6 is 11.6 Å². The Bertz CT molecular complexity index is 1130. The maximum atomic E-state index is 14.1. The number of hydrogen-bond acceptors (Lipinski definition) is 3. The maximum Gasteiger partial charge on any atom is 0.231 e. The largest absolute Gasteiger partial charge is 0.488 e. The molecule has 0 fully saturated rings. The Labute approximate surface area is 173 Å². The molecule has 0 saturated carbocycles. The summed E-state index contributed by atoms with van der Waals surface area (Å²) in [5.74, 6) is 0.260. The second-order valence-corrected chi connectivity index (χ2v) is 7.26. The number of ether oxygens (including phenoxy) is 2. The fraction of sp³-hybridized carbons (Fsp3) is 0.125. The predicted octanol–water partition coefficient (Wildman–Crippen LogP) is 6.29. The van der Waals surface area contributed by atoms with Crippen LogP contribution < -0.4 is 9.47 Å². The van der Waals surface area contributed by atoms with Crippen LogP contribution in [0.4, 0.5) is 4.39 Å². The molecule has 1 aliphatic heterocycles. The van der Waals surface area contributed by atoms with Crippen LogP contribution in [0.3, 0.4) is 0 Å². The van der Waals surface area contributed by atoms with E-state index in [1.807, 2.05) is 38.1 Å². The molecule has 3 aromatic carbocycles. The molecule has 1 heterocycles. The van der Waals surface area contributed by atoms with Crippen molar-refractivity contribution in [3.8, 4) is 11.5 Å². The van der Waals surface area contributed by atoms with Gasteiger partial charge in [-0.15, -0.1) is 0 Å². The van der Waals surface area contributed by atoms with E-state index < -0.39 is 5.82 Å². The molecule has 0 N–H and O–H groups in total. The average molecular weight is 409 g/mol. The SMILES string of the molecule is Cc1ccccc1COc1ccc2c(c1C)O/C(=C\c1c(F)cccc1Cl)C2=O. The highest BCUT2D eigenvalue weighted by Crippen LogP contribution is 2.40. The van der Waals surface area contributed by atoms with E-state index in [2.05, 4.69) is 0 Å². The Hall–Kier alpha value is -3.11. The van der Waals surface area contributed by atoms with E-state index in [-0.39, 0.29) is 22.1 Å². The van der Waals surface area contributed by atoms with Crippen molar-refractivity contribution in [1.82, 2.24) is 0 Å². The first-order chi connectivity index (χ1) is 14.0. The summed E-state index contributed by atoms with van der Waals surface area (Å²) in [6.45, 7) is 4.27. The maximum absolute atomic E-state index is 14.1. The summed E-state index contributed by atoms with van der Waals surface area (Å²) >= 11 is 6.06. The Kier molecular flexibility index (Phi) is 5.12. The highest BCUT2D eigenvalue weighted by atomic mass is 35.5. The molecule has 0 aliphatic carbocycles. The van der Waals surface area contributed by atoms with Crippen LogP contribution in [0, 0.1) is 19.7 Å². The molecule has 0 spiro atoms. The van der Waals surface area contributed by atoms with Crippen molar-refractivity contribution in [2.24, 2.45) is 0 Å². The van der Waals surface area contributed by atoms with E-state index in [0.29, 0.717) is 29.2 Å². The Morgan fingerprint density at radius 3 is 2.62 bits per heavy atom. The summed E-state index contributed by atoms with van der Waals surface area (Å²) < 4.78 is 25.8. The molecule has 0 saturated heterocycles. The van der Waals surface area contributed by atoms with E-state index in [9.17, 15) is 9.18 Å². The minimum atomic E-state index is -0.517. The zero-order valence-electron chi connectivity index (χ0n) is 16.0. The highest BCUT2D eigenvalue weighted by Gasteiger charge is 2.30. The fourth-order valence-corrected chi connectivity index (χ4v) is 3.45. The topological polar surface area (TPSA) is 35.5 Å². The lowest BCUT2D eigenvalue weighted by atomic mass is 10.1. The molecule has 3 aromatic rings.